The van der Waals surface area contributed by atoms with Crippen LogP contribution in [0.3, 0.4) is 0 Å². The summed E-state index contributed by atoms with van der Waals surface area (Å²) in [5.41, 5.74) is 0.743. The first-order valence-corrected chi connectivity index (χ1v) is 7.03. The molecule has 1 aromatic rings. The lowest BCUT2D eigenvalue weighted by Crippen LogP contribution is -2.40. The van der Waals surface area contributed by atoms with Crippen molar-refractivity contribution < 1.29 is 14.6 Å². The van der Waals surface area contributed by atoms with E-state index in [9.17, 15) is 4.79 Å². The van der Waals surface area contributed by atoms with E-state index in [0.717, 1.165) is 37.1 Å². The zero-order chi connectivity index (χ0) is 14.4. The predicted octanol–water partition coefficient (Wildman–Crippen LogP) is 2.37. The quantitative estimate of drug-likeness (QED) is 0.792. The van der Waals surface area contributed by atoms with Gasteiger partial charge in [0, 0.05) is 18.3 Å². The van der Waals surface area contributed by atoms with Crippen LogP contribution < -0.4 is 15.4 Å². The molecule has 2 amide bonds. The van der Waals surface area contributed by atoms with E-state index in [4.69, 9.17) is 9.84 Å². The largest absolute Gasteiger partial charge is 0.497 e. The van der Waals surface area contributed by atoms with E-state index < -0.39 is 0 Å². The maximum atomic E-state index is 11.9. The van der Waals surface area contributed by atoms with Gasteiger partial charge >= 0.3 is 6.03 Å². The van der Waals surface area contributed by atoms with Gasteiger partial charge in [-0.05, 0) is 55.9 Å². The van der Waals surface area contributed by atoms with Crippen molar-refractivity contribution in [3.63, 3.8) is 0 Å². The second kappa shape index (κ2) is 7.14. The minimum absolute atomic E-state index is 0.178. The van der Waals surface area contributed by atoms with Gasteiger partial charge in [-0.25, -0.2) is 4.79 Å². The van der Waals surface area contributed by atoms with Gasteiger partial charge in [0.05, 0.1) is 7.11 Å². The van der Waals surface area contributed by atoms with Crippen molar-refractivity contribution in [1.82, 2.24) is 5.32 Å². The van der Waals surface area contributed by atoms with Gasteiger partial charge in [-0.3, -0.25) is 0 Å². The molecule has 1 saturated carbocycles. The molecule has 0 bridgehead atoms. The van der Waals surface area contributed by atoms with Gasteiger partial charge in [-0.1, -0.05) is 0 Å². The lowest BCUT2D eigenvalue weighted by atomic mass is 9.87. The van der Waals surface area contributed by atoms with Crippen LogP contribution in [-0.4, -0.2) is 30.9 Å². The van der Waals surface area contributed by atoms with Crippen molar-refractivity contribution in [1.29, 1.82) is 0 Å². The van der Waals surface area contributed by atoms with E-state index >= 15 is 0 Å². The monoisotopic (exact) mass is 278 g/mol. The number of carbonyl (C=O) groups excluding carboxylic acids is 1. The van der Waals surface area contributed by atoms with Crippen LogP contribution in [0.15, 0.2) is 24.3 Å². The number of benzene rings is 1. The third-order valence-electron chi connectivity index (χ3n) is 3.79. The first-order chi connectivity index (χ1) is 9.71. The van der Waals surface area contributed by atoms with Crippen LogP contribution in [0.25, 0.3) is 0 Å². The molecule has 1 aliphatic carbocycles. The number of carbonyl (C=O) groups is 1. The van der Waals surface area contributed by atoms with Crippen LogP contribution in [0.2, 0.25) is 0 Å². The van der Waals surface area contributed by atoms with E-state index in [-0.39, 0.29) is 18.7 Å². The fraction of sp³-hybridized carbons (Fsp3) is 0.533. The molecule has 0 unspecified atom stereocenters. The SMILES string of the molecule is COc1ccc(NC(=O)NC2CCC(CO)CC2)cc1. The highest BCUT2D eigenvalue weighted by atomic mass is 16.5. The van der Waals surface area contributed by atoms with Crippen LogP contribution in [-0.2, 0) is 0 Å². The Labute approximate surface area is 119 Å². The van der Waals surface area contributed by atoms with Crippen LogP contribution in [0.4, 0.5) is 10.5 Å². The van der Waals surface area contributed by atoms with E-state index in [1.54, 1.807) is 19.2 Å². The van der Waals surface area contributed by atoms with Crippen LogP contribution in [0, 0.1) is 5.92 Å². The molecule has 0 saturated heterocycles. The molecular formula is C15H22N2O3. The molecule has 0 aliphatic heterocycles. The van der Waals surface area contributed by atoms with E-state index in [1.807, 2.05) is 12.1 Å². The third-order valence-corrected chi connectivity index (χ3v) is 3.79. The maximum absolute atomic E-state index is 11.9. The summed E-state index contributed by atoms with van der Waals surface area (Å²) in [6.07, 6.45) is 3.82. The van der Waals surface area contributed by atoms with E-state index in [0.29, 0.717) is 5.92 Å². The first kappa shape index (κ1) is 14.7. The molecule has 0 radical (unpaired) electrons. The highest BCUT2D eigenvalue weighted by Crippen LogP contribution is 2.23. The number of amides is 2. The Kier molecular flexibility index (Phi) is 5.24. The average Bonchev–Trinajstić information content (AvgIpc) is 2.49. The van der Waals surface area contributed by atoms with Crippen molar-refractivity contribution in [3.05, 3.63) is 24.3 Å². The summed E-state index contributed by atoms with van der Waals surface area (Å²) in [4.78, 5) is 11.9. The Morgan fingerprint density at radius 3 is 2.45 bits per heavy atom. The minimum Gasteiger partial charge on any atom is -0.497 e. The molecule has 5 heteroatoms. The lowest BCUT2D eigenvalue weighted by Gasteiger charge is -2.27. The first-order valence-electron chi connectivity index (χ1n) is 7.03. The second-order valence-electron chi connectivity index (χ2n) is 5.23. The number of ether oxygens (including phenoxy) is 1. The van der Waals surface area contributed by atoms with Crippen molar-refractivity contribution in [2.45, 2.75) is 31.7 Å². The highest BCUT2D eigenvalue weighted by Gasteiger charge is 2.21. The standard InChI is InChI=1S/C15H22N2O3/c1-20-14-8-6-13(7-9-14)17-15(19)16-12-4-2-11(10-18)3-5-12/h6-9,11-12,18H,2-5,10H2,1H3,(H2,16,17,19). The second-order valence-corrected chi connectivity index (χ2v) is 5.23. The summed E-state index contributed by atoms with van der Waals surface area (Å²) in [5, 5.41) is 14.9. The maximum Gasteiger partial charge on any atom is 0.319 e. The fourth-order valence-electron chi connectivity index (χ4n) is 2.52. The molecule has 110 valence electrons. The number of urea groups is 1. The number of rotatable bonds is 4. The Morgan fingerprint density at radius 1 is 1.25 bits per heavy atom. The van der Waals surface area contributed by atoms with Crippen LogP contribution in [0.5, 0.6) is 5.75 Å². The summed E-state index contributed by atoms with van der Waals surface area (Å²) in [7, 11) is 1.61. The summed E-state index contributed by atoms with van der Waals surface area (Å²) < 4.78 is 5.07. The summed E-state index contributed by atoms with van der Waals surface area (Å²) in [6.45, 7) is 0.255. The van der Waals surface area contributed by atoms with Gasteiger partial charge < -0.3 is 20.5 Å². The minimum atomic E-state index is -0.178. The molecule has 0 aromatic heterocycles. The smallest absolute Gasteiger partial charge is 0.319 e. The molecule has 20 heavy (non-hydrogen) atoms. The summed E-state index contributed by atoms with van der Waals surface area (Å²) >= 11 is 0. The van der Waals surface area contributed by atoms with E-state index in [1.165, 1.54) is 0 Å². The van der Waals surface area contributed by atoms with Crippen molar-refractivity contribution >= 4 is 11.7 Å². The van der Waals surface area contributed by atoms with E-state index in [2.05, 4.69) is 10.6 Å². The molecule has 1 aromatic carbocycles. The lowest BCUT2D eigenvalue weighted by molar-refractivity contribution is 0.176. The molecule has 1 fully saturated rings. The number of methoxy groups -OCH3 is 1. The zero-order valence-corrected chi connectivity index (χ0v) is 11.8. The Morgan fingerprint density at radius 2 is 1.90 bits per heavy atom. The van der Waals surface area contributed by atoms with Crippen molar-refractivity contribution in [3.8, 4) is 5.75 Å². The molecule has 0 spiro atoms. The molecule has 5 nitrogen and oxygen atoms in total. The fourth-order valence-corrected chi connectivity index (χ4v) is 2.52. The summed E-state index contributed by atoms with van der Waals surface area (Å²) in [5.74, 6) is 1.16. The third kappa shape index (κ3) is 4.13. The Balaban J connectivity index is 1.77. The number of anilines is 1. The van der Waals surface area contributed by atoms with Crippen molar-refractivity contribution in [2.75, 3.05) is 19.0 Å². The van der Waals surface area contributed by atoms with Gasteiger partial charge in [-0.2, -0.15) is 0 Å². The van der Waals surface area contributed by atoms with Crippen LogP contribution in [0.1, 0.15) is 25.7 Å². The van der Waals surface area contributed by atoms with Gasteiger partial charge in [0.1, 0.15) is 5.75 Å². The molecular weight excluding hydrogens is 256 g/mol. The number of hydrogen-bond acceptors (Lipinski definition) is 3. The molecule has 1 aliphatic rings. The molecule has 0 atom stereocenters. The van der Waals surface area contributed by atoms with Crippen LogP contribution >= 0.6 is 0 Å². The van der Waals surface area contributed by atoms with Gasteiger partial charge in [0.25, 0.3) is 0 Å². The highest BCUT2D eigenvalue weighted by molar-refractivity contribution is 5.89. The van der Waals surface area contributed by atoms with Gasteiger partial charge in [-0.15, -0.1) is 0 Å². The number of aliphatic hydroxyl groups is 1. The predicted molar refractivity (Wildman–Crippen MR) is 78.0 cm³/mol. The zero-order valence-electron chi connectivity index (χ0n) is 11.8. The summed E-state index contributed by atoms with van der Waals surface area (Å²) in [6, 6.07) is 7.25. The molecule has 0 heterocycles. The van der Waals surface area contributed by atoms with Crippen molar-refractivity contribution in [2.24, 2.45) is 5.92 Å². The molecule has 3 N–H and O–H groups in total. The average molecular weight is 278 g/mol. The topological polar surface area (TPSA) is 70.6 Å². The number of hydrogen-bond donors (Lipinski definition) is 3. The number of nitrogens with one attached hydrogen (secondary N) is 2. The number of aliphatic hydroxyl groups excluding tert-OH is 1. The van der Waals surface area contributed by atoms with Gasteiger partial charge in [0.2, 0.25) is 0 Å². The normalized spacial score (nSPS) is 22.1. The van der Waals surface area contributed by atoms with Gasteiger partial charge in [0.15, 0.2) is 0 Å². The Bertz CT molecular complexity index is 425. The Hall–Kier alpha value is -1.75. The molecule has 2 rings (SSSR count).